The van der Waals surface area contributed by atoms with Crippen molar-refractivity contribution in [3.8, 4) is 11.1 Å². The Balaban J connectivity index is 1.61. The molecule has 0 aliphatic heterocycles. The van der Waals surface area contributed by atoms with Gasteiger partial charge in [0.05, 0.1) is 0 Å². The Morgan fingerprint density at radius 2 is 1.25 bits per heavy atom. The summed E-state index contributed by atoms with van der Waals surface area (Å²) in [6, 6.07) is 12.0. The van der Waals surface area contributed by atoms with Gasteiger partial charge in [-0.15, -0.1) is 0 Å². The van der Waals surface area contributed by atoms with Gasteiger partial charge in [-0.05, 0) is 47.4 Å². The smallest absolute Gasteiger partial charge is 0.407 e. The van der Waals surface area contributed by atoms with Crippen molar-refractivity contribution in [1.82, 2.24) is 21.3 Å². The monoisotopic (exact) mass is 608 g/mol. The molecule has 0 fully saturated rings. The minimum atomic E-state index is -1.17. The van der Waals surface area contributed by atoms with Gasteiger partial charge in [0.25, 0.3) is 0 Å². The fraction of sp³-hybridized carbons (Fsp3) is 0.485. The van der Waals surface area contributed by atoms with Crippen LogP contribution in [-0.2, 0) is 23.9 Å². The van der Waals surface area contributed by atoms with Crippen molar-refractivity contribution in [2.75, 3.05) is 6.61 Å². The molecular weight excluding hydrogens is 564 g/mol. The van der Waals surface area contributed by atoms with E-state index in [1.807, 2.05) is 55.5 Å². The highest BCUT2D eigenvalue weighted by Gasteiger charge is 2.33. The number of aliphatic carboxylic acids is 1. The van der Waals surface area contributed by atoms with Gasteiger partial charge in [-0.1, -0.05) is 89.6 Å². The van der Waals surface area contributed by atoms with Crippen molar-refractivity contribution < 1.29 is 33.8 Å². The average Bonchev–Trinajstić information content (AvgIpc) is 3.32. The number of alkyl carbamates (subject to hydrolysis) is 1. The first kappa shape index (κ1) is 34.1. The third-order valence-corrected chi connectivity index (χ3v) is 7.84. The molecule has 4 amide bonds. The highest BCUT2D eigenvalue weighted by atomic mass is 16.5. The third kappa shape index (κ3) is 8.36. The van der Waals surface area contributed by atoms with E-state index in [1.54, 1.807) is 27.7 Å². The Bertz CT molecular complexity index is 1300. The minimum absolute atomic E-state index is 0.0954. The number of carbonyl (C=O) groups is 5. The second-order valence-corrected chi connectivity index (χ2v) is 11.3. The summed E-state index contributed by atoms with van der Waals surface area (Å²) in [6.07, 6.45) is 0.540. The van der Waals surface area contributed by atoms with Crippen LogP contribution in [0.1, 0.15) is 77.3 Å². The van der Waals surface area contributed by atoms with Crippen LogP contribution in [0.2, 0.25) is 0 Å². The molecule has 0 bridgehead atoms. The summed E-state index contributed by atoms with van der Waals surface area (Å²) in [6.45, 7) is 8.77. The van der Waals surface area contributed by atoms with Gasteiger partial charge >= 0.3 is 12.1 Å². The van der Waals surface area contributed by atoms with Crippen molar-refractivity contribution in [1.29, 1.82) is 0 Å². The van der Waals surface area contributed by atoms with Crippen LogP contribution in [0.15, 0.2) is 48.5 Å². The van der Waals surface area contributed by atoms with E-state index in [9.17, 15) is 29.1 Å². The van der Waals surface area contributed by atoms with Gasteiger partial charge in [0.15, 0.2) is 0 Å². The van der Waals surface area contributed by atoms with E-state index in [1.165, 1.54) is 0 Å². The lowest BCUT2D eigenvalue weighted by Crippen LogP contribution is -2.58. The number of carboxylic acids is 1. The zero-order valence-corrected chi connectivity index (χ0v) is 26.0. The summed E-state index contributed by atoms with van der Waals surface area (Å²) < 4.78 is 5.59. The van der Waals surface area contributed by atoms with Gasteiger partial charge in [0.1, 0.15) is 30.8 Å². The van der Waals surface area contributed by atoms with Crippen LogP contribution < -0.4 is 21.3 Å². The summed E-state index contributed by atoms with van der Waals surface area (Å²) in [5, 5.41) is 19.7. The van der Waals surface area contributed by atoms with E-state index in [4.69, 9.17) is 4.74 Å². The van der Waals surface area contributed by atoms with Crippen LogP contribution in [0.4, 0.5) is 4.79 Å². The van der Waals surface area contributed by atoms with Crippen LogP contribution in [0.3, 0.4) is 0 Å². The molecular formula is C33H44N4O7. The van der Waals surface area contributed by atoms with Crippen molar-refractivity contribution in [3.05, 3.63) is 59.7 Å². The predicted octanol–water partition coefficient (Wildman–Crippen LogP) is 3.71. The van der Waals surface area contributed by atoms with Gasteiger partial charge in [0, 0.05) is 5.92 Å². The Morgan fingerprint density at radius 3 is 1.75 bits per heavy atom. The molecule has 1 aliphatic rings. The quantitative estimate of drug-likeness (QED) is 0.206. The lowest BCUT2D eigenvalue weighted by Gasteiger charge is -2.27. The number of hydrogen-bond donors (Lipinski definition) is 5. The zero-order valence-electron chi connectivity index (χ0n) is 26.0. The lowest BCUT2D eigenvalue weighted by atomic mass is 9.98. The largest absolute Gasteiger partial charge is 0.480 e. The van der Waals surface area contributed by atoms with E-state index in [0.29, 0.717) is 6.42 Å². The number of benzene rings is 2. The summed E-state index contributed by atoms with van der Waals surface area (Å²) in [7, 11) is 0. The molecule has 0 spiro atoms. The molecule has 44 heavy (non-hydrogen) atoms. The molecule has 0 saturated carbocycles. The molecule has 0 saturated heterocycles. The Labute approximate surface area is 258 Å². The van der Waals surface area contributed by atoms with Crippen LogP contribution in [0, 0.1) is 5.92 Å². The maximum atomic E-state index is 13.2. The number of fused-ring (bicyclic) bond motifs is 3. The molecule has 0 radical (unpaired) electrons. The molecule has 3 rings (SSSR count). The summed E-state index contributed by atoms with van der Waals surface area (Å²) in [5.74, 6) is -3.39. The van der Waals surface area contributed by atoms with E-state index in [2.05, 4.69) is 21.3 Å². The maximum Gasteiger partial charge on any atom is 0.407 e. The first-order valence-electron chi connectivity index (χ1n) is 15.3. The number of nitrogens with one attached hydrogen (secondary N) is 4. The molecule has 2 aromatic rings. The number of carboxylic acid groups (broad SMARTS) is 1. The molecule has 2 aromatic carbocycles. The normalized spacial score (nSPS) is 14.8. The molecule has 0 unspecified atom stereocenters. The SMILES string of the molecule is CCC[C@H](NC(=O)[C@H](CC)NC(=O)OCC1c2ccccc2-c2ccccc21)C(=O)N[C@H](C(=O)N[C@@H](CC)C(=O)O)C(C)C. The Hall–Kier alpha value is -4.41. The van der Waals surface area contributed by atoms with E-state index >= 15 is 0 Å². The molecule has 0 heterocycles. The van der Waals surface area contributed by atoms with E-state index in [0.717, 1.165) is 22.3 Å². The van der Waals surface area contributed by atoms with Crippen LogP contribution in [0.25, 0.3) is 11.1 Å². The highest BCUT2D eigenvalue weighted by Crippen LogP contribution is 2.44. The fourth-order valence-electron chi connectivity index (χ4n) is 5.35. The summed E-state index contributed by atoms with van der Waals surface area (Å²) in [4.78, 5) is 63.5. The molecule has 11 nitrogen and oxygen atoms in total. The first-order valence-corrected chi connectivity index (χ1v) is 15.3. The second kappa shape index (κ2) is 15.9. The number of amides is 4. The molecule has 0 aromatic heterocycles. The van der Waals surface area contributed by atoms with Crippen molar-refractivity contribution in [3.63, 3.8) is 0 Å². The van der Waals surface area contributed by atoms with Crippen molar-refractivity contribution >= 4 is 29.8 Å². The number of ether oxygens (including phenoxy) is 1. The van der Waals surface area contributed by atoms with Gasteiger partial charge in [-0.2, -0.15) is 0 Å². The van der Waals surface area contributed by atoms with Crippen molar-refractivity contribution in [2.45, 2.75) is 90.4 Å². The highest BCUT2D eigenvalue weighted by molar-refractivity contribution is 5.94. The van der Waals surface area contributed by atoms with Crippen LogP contribution >= 0.6 is 0 Å². The Morgan fingerprint density at radius 1 is 0.727 bits per heavy atom. The van der Waals surface area contributed by atoms with E-state index in [-0.39, 0.29) is 37.7 Å². The zero-order chi connectivity index (χ0) is 32.4. The maximum absolute atomic E-state index is 13.2. The van der Waals surface area contributed by atoms with Gasteiger partial charge in [-0.25, -0.2) is 9.59 Å². The van der Waals surface area contributed by atoms with Gasteiger partial charge in [0.2, 0.25) is 17.7 Å². The van der Waals surface area contributed by atoms with Gasteiger partial charge < -0.3 is 31.1 Å². The second-order valence-electron chi connectivity index (χ2n) is 11.3. The molecule has 1 aliphatic carbocycles. The number of rotatable bonds is 15. The Kier molecular flexibility index (Phi) is 12.3. The molecule has 11 heteroatoms. The number of carbonyl (C=O) groups excluding carboxylic acids is 4. The standard InChI is InChI=1S/C33H44N4O7/c1-6-13-27(30(39)37-28(19(4)5)31(40)34-26(8-3)32(41)42)35-29(38)25(7-2)36-33(43)44-18-24-22-16-11-9-14-20(22)21-15-10-12-17-23(21)24/h9-12,14-17,19,24-28H,6-8,13,18H2,1-5H3,(H,34,40)(H,35,38)(H,36,43)(H,37,39)(H,41,42)/t25-,26-,27-,28-/m0/s1. The third-order valence-electron chi connectivity index (χ3n) is 7.84. The predicted molar refractivity (Wildman–Crippen MR) is 166 cm³/mol. The van der Waals surface area contributed by atoms with E-state index < -0.39 is 54.0 Å². The molecule has 5 N–H and O–H groups in total. The average molecular weight is 609 g/mol. The lowest BCUT2D eigenvalue weighted by molar-refractivity contribution is -0.142. The fourth-order valence-corrected chi connectivity index (χ4v) is 5.35. The molecule has 238 valence electrons. The topological polar surface area (TPSA) is 163 Å². The molecule has 4 atom stereocenters. The van der Waals surface area contributed by atoms with Crippen LogP contribution in [0.5, 0.6) is 0 Å². The summed E-state index contributed by atoms with van der Waals surface area (Å²) >= 11 is 0. The summed E-state index contributed by atoms with van der Waals surface area (Å²) in [5.41, 5.74) is 4.35. The van der Waals surface area contributed by atoms with Gasteiger partial charge in [-0.3, -0.25) is 14.4 Å². The van der Waals surface area contributed by atoms with Crippen molar-refractivity contribution in [2.24, 2.45) is 5.92 Å². The minimum Gasteiger partial charge on any atom is -0.480 e. The first-order chi connectivity index (χ1) is 21.0. The number of hydrogen-bond acceptors (Lipinski definition) is 6. The van der Waals surface area contributed by atoms with Crippen LogP contribution in [-0.4, -0.2) is 65.7 Å².